The van der Waals surface area contributed by atoms with E-state index in [1.54, 1.807) is 13.3 Å². The molecule has 3 heterocycles. The quantitative estimate of drug-likeness (QED) is 0.491. The molecule has 31 heavy (non-hydrogen) atoms. The van der Waals surface area contributed by atoms with Crippen LogP contribution in [0.25, 0.3) is 33.0 Å². The SMILES string of the molecule is COc1ccc2c(c1)c(C1=C(c3c[nH]c4ccccc34)C(=O)N(C)C1=O)cn2CCO. The van der Waals surface area contributed by atoms with Gasteiger partial charge in [0, 0.05) is 58.9 Å². The number of aromatic nitrogens is 2. The predicted molar refractivity (Wildman–Crippen MR) is 118 cm³/mol. The number of nitrogens with one attached hydrogen (secondary N) is 1. The molecule has 0 fully saturated rings. The molecule has 7 heteroatoms. The van der Waals surface area contributed by atoms with Crippen LogP contribution < -0.4 is 4.74 Å². The molecular formula is C24H21N3O4. The number of likely N-dealkylation sites (N-methyl/N-ethyl adjacent to an activating group) is 1. The van der Waals surface area contributed by atoms with Crippen molar-refractivity contribution in [2.45, 2.75) is 6.54 Å². The lowest BCUT2D eigenvalue weighted by Crippen LogP contribution is -2.26. The Hall–Kier alpha value is -3.84. The number of nitrogens with zero attached hydrogens (tertiary/aromatic N) is 2. The fraction of sp³-hybridized carbons (Fsp3) is 0.167. The van der Waals surface area contributed by atoms with Crippen molar-refractivity contribution in [1.82, 2.24) is 14.5 Å². The number of hydrogen-bond acceptors (Lipinski definition) is 4. The molecule has 2 aromatic carbocycles. The third-order valence-electron chi connectivity index (χ3n) is 5.84. The topological polar surface area (TPSA) is 87.6 Å². The Morgan fingerprint density at radius 3 is 2.48 bits per heavy atom. The van der Waals surface area contributed by atoms with E-state index < -0.39 is 0 Å². The van der Waals surface area contributed by atoms with E-state index in [-0.39, 0.29) is 18.4 Å². The number of aliphatic hydroxyl groups excluding tert-OH is 1. The monoisotopic (exact) mass is 415 g/mol. The summed E-state index contributed by atoms with van der Waals surface area (Å²) in [6.07, 6.45) is 3.60. The number of imide groups is 1. The Balaban J connectivity index is 1.85. The molecule has 2 aromatic heterocycles. The number of para-hydroxylation sites is 1. The molecule has 0 unspecified atom stereocenters. The van der Waals surface area contributed by atoms with Crippen molar-refractivity contribution < 1.29 is 19.4 Å². The van der Waals surface area contributed by atoms with Gasteiger partial charge in [0.05, 0.1) is 24.9 Å². The average Bonchev–Trinajstić information content (AvgIpc) is 3.43. The number of aromatic amines is 1. The first-order valence-electron chi connectivity index (χ1n) is 9.96. The van der Waals surface area contributed by atoms with Gasteiger partial charge in [-0.1, -0.05) is 18.2 Å². The van der Waals surface area contributed by atoms with Crippen LogP contribution in [-0.2, 0) is 16.1 Å². The van der Waals surface area contributed by atoms with E-state index in [1.807, 2.05) is 53.2 Å². The van der Waals surface area contributed by atoms with Gasteiger partial charge in [-0.2, -0.15) is 0 Å². The highest BCUT2D eigenvalue weighted by molar-refractivity contribution is 6.50. The molecule has 2 N–H and O–H groups in total. The first kappa shape index (κ1) is 19.1. The van der Waals surface area contributed by atoms with Gasteiger partial charge in [-0.3, -0.25) is 14.5 Å². The average molecular weight is 415 g/mol. The molecule has 4 aromatic rings. The van der Waals surface area contributed by atoms with Crippen molar-refractivity contribution in [3.8, 4) is 5.75 Å². The van der Waals surface area contributed by atoms with E-state index in [1.165, 1.54) is 7.05 Å². The van der Waals surface area contributed by atoms with Gasteiger partial charge in [0.1, 0.15) is 5.75 Å². The summed E-state index contributed by atoms with van der Waals surface area (Å²) in [4.78, 5) is 30.8. The number of ether oxygens (including phenoxy) is 1. The van der Waals surface area contributed by atoms with Crippen LogP contribution in [0.4, 0.5) is 0 Å². The molecular weight excluding hydrogens is 394 g/mol. The van der Waals surface area contributed by atoms with E-state index >= 15 is 0 Å². The summed E-state index contributed by atoms with van der Waals surface area (Å²) in [6.45, 7) is 0.326. The number of fused-ring (bicyclic) bond motifs is 2. The molecule has 0 saturated heterocycles. The first-order chi connectivity index (χ1) is 15.0. The summed E-state index contributed by atoms with van der Waals surface area (Å²) in [5.41, 5.74) is 3.81. The van der Waals surface area contributed by atoms with Crippen molar-refractivity contribution in [2.75, 3.05) is 20.8 Å². The Bertz CT molecular complexity index is 1390. The highest BCUT2D eigenvalue weighted by Gasteiger charge is 2.39. The standard InChI is InChI=1S/C24H21N3O4/c1-26-23(29)21(17-12-25-19-6-4-3-5-15(17)19)22(24(26)30)18-13-27(9-10-28)20-8-7-14(31-2)11-16(18)20/h3-8,11-13,25,28H,9-10H2,1-2H3. The number of H-pyrrole nitrogens is 1. The van der Waals surface area contributed by atoms with Gasteiger partial charge in [0.2, 0.25) is 0 Å². The number of carbonyl (C=O) groups excluding carboxylic acids is 2. The number of aliphatic hydroxyl groups is 1. The van der Waals surface area contributed by atoms with Crippen LogP contribution in [0.2, 0.25) is 0 Å². The van der Waals surface area contributed by atoms with Gasteiger partial charge in [0.15, 0.2) is 0 Å². The van der Waals surface area contributed by atoms with Gasteiger partial charge < -0.3 is 19.4 Å². The van der Waals surface area contributed by atoms with Crippen LogP contribution in [0.1, 0.15) is 11.1 Å². The van der Waals surface area contributed by atoms with E-state index in [9.17, 15) is 14.7 Å². The molecule has 0 aliphatic carbocycles. The summed E-state index contributed by atoms with van der Waals surface area (Å²) in [7, 11) is 3.08. The number of carbonyl (C=O) groups is 2. The Morgan fingerprint density at radius 1 is 1.00 bits per heavy atom. The Morgan fingerprint density at radius 2 is 1.74 bits per heavy atom. The molecule has 5 rings (SSSR count). The van der Waals surface area contributed by atoms with Crippen molar-refractivity contribution >= 4 is 44.8 Å². The largest absolute Gasteiger partial charge is 0.497 e. The molecule has 1 aliphatic heterocycles. The number of methoxy groups -OCH3 is 1. The first-order valence-corrected chi connectivity index (χ1v) is 9.96. The van der Waals surface area contributed by atoms with Gasteiger partial charge >= 0.3 is 0 Å². The highest BCUT2D eigenvalue weighted by atomic mass is 16.5. The molecule has 0 radical (unpaired) electrons. The zero-order chi connectivity index (χ0) is 21.7. The third kappa shape index (κ3) is 2.78. The normalized spacial score (nSPS) is 14.5. The lowest BCUT2D eigenvalue weighted by atomic mass is 9.95. The molecule has 0 saturated carbocycles. The zero-order valence-corrected chi connectivity index (χ0v) is 17.2. The summed E-state index contributed by atoms with van der Waals surface area (Å²) in [5.74, 6) is -0.0401. The second kappa shape index (κ2) is 7.14. The second-order valence-electron chi connectivity index (χ2n) is 7.51. The minimum absolute atomic E-state index is 0.0453. The van der Waals surface area contributed by atoms with Gasteiger partial charge in [-0.15, -0.1) is 0 Å². The minimum Gasteiger partial charge on any atom is -0.497 e. The van der Waals surface area contributed by atoms with E-state index in [4.69, 9.17) is 4.74 Å². The van der Waals surface area contributed by atoms with E-state index in [2.05, 4.69) is 4.98 Å². The maximum Gasteiger partial charge on any atom is 0.261 e. The van der Waals surface area contributed by atoms with Gasteiger partial charge in [-0.05, 0) is 24.3 Å². The number of amides is 2. The van der Waals surface area contributed by atoms with Crippen LogP contribution in [0.15, 0.2) is 54.9 Å². The number of rotatable bonds is 5. The molecule has 156 valence electrons. The predicted octanol–water partition coefficient (Wildman–Crippen LogP) is 3.03. The Labute approximate surface area is 178 Å². The highest BCUT2D eigenvalue weighted by Crippen LogP contribution is 2.41. The summed E-state index contributed by atoms with van der Waals surface area (Å²) in [5, 5.41) is 11.2. The van der Waals surface area contributed by atoms with E-state index in [0.29, 0.717) is 34.6 Å². The second-order valence-corrected chi connectivity index (χ2v) is 7.51. The molecule has 0 atom stereocenters. The fourth-order valence-corrected chi connectivity index (χ4v) is 4.31. The smallest absolute Gasteiger partial charge is 0.261 e. The minimum atomic E-state index is -0.351. The van der Waals surface area contributed by atoms with Gasteiger partial charge in [0.25, 0.3) is 11.8 Å². The summed E-state index contributed by atoms with van der Waals surface area (Å²) >= 11 is 0. The van der Waals surface area contributed by atoms with Crippen molar-refractivity contribution in [1.29, 1.82) is 0 Å². The third-order valence-corrected chi connectivity index (χ3v) is 5.84. The zero-order valence-electron chi connectivity index (χ0n) is 17.2. The van der Waals surface area contributed by atoms with Crippen LogP contribution >= 0.6 is 0 Å². The molecule has 1 aliphatic rings. The van der Waals surface area contributed by atoms with Crippen LogP contribution in [0.5, 0.6) is 5.75 Å². The fourth-order valence-electron chi connectivity index (χ4n) is 4.31. The molecule has 7 nitrogen and oxygen atoms in total. The molecule has 0 bridgehead atoms. The molecule has 0 spiro atoms. The number of benzene rings is 2. The van der Waals surface area contributed by atoms with Crippen LogP contribution in [-0.4, -0.2) is 52.1 Å². The lowest BCUT2D eigenvalue weighted by molar-refractivity contribution is -0.134. The maximum atomic E-state index is 13.3. The lowest BCUT2D eigenvalue weighted by Gasteiger charge is -2.06. The Kier molecular flexibility index (Phi) is 4.41. The van der Waals surface area contributed by atoms with Crippen molar-refractivity contribution in [3.05, 3.63) is 66.0 Å². The van der Waals surface area contributed by atoms with Crippen molar-refractivity contribution in [3.63, 3.8) is 0 Å². The number of hydrogen-bond donors (Lipinski definition) is 2. The molecule has 2 amide bonds. The van der Waals surface area contributed by atoms with E-state index in [0.717, 1.165) is 26.7 Å². The summed E-state index contributed by atoms with van der Waals surface area (Å²) in [6, 6.07) is 13.3. The summed E-state index contributed by atoms with van der Waals surface area (Å²) < 4.78 is 7.28. The van der Waals surface area contributed by atoms with Crippen molar-refractivity contribution in [2.24, 2.45) is 0 Å². The maximum absolute atomic E-state index is 13.3. The van der Waals surface area contributed by atoms with Crippen LogP contribution in [0.3, 0.4) is 0 Å². The van der Waals surface area contributed by atoms with Crippen LogP contribution in [0, 0.1) is 0 Å². The van der Waals surface area contributed by atoms with Gasteiger partial charge in [-0.25, -0.2) is 0 Å².